The van der Waals surface area contributed by atoms with Crippen molar-refractivity contribution >= 4 is 11.9 Å². The van der Waals surface area contributed by atoms with Crippen LogP contribution in [0.1, 0.15) is 19.8 Å². The Morgan fingerprint density at radius 2 is 1.70 bits per heavy atom. The first-order valence-corrected chi connectivity index (χ1v) is 7.04. The van der Waals surface area contributed by atoms with Crippen LogP contribution in [0, 0.1) is 0 Å². The van der Waals surface area contributed by atoms with Crippen molar-refractivity contribution in [3.8, 4) is 0 Å². The van der Waals surface area contributed by atoms with Gasteiger partial charge >= 0.3 is 11.9 Å². The molecule has 0 spiro atoms. The van der Waals surface area contributed by atoms with Crippen LogP contribution in [0.15, 0.2) is 12.2 Å². The molecule has 6 heteroatoms. The standard InChI is InChI=1S/C14H23NO5/c1-2-3-9-19-13(16)4-5-14(17)20-12-8-15-6-10-18-11-7-15/h4-5H,2-3,6-12H2,1H3/b5-4+. The lowest BCUT2D eigenvalue weighted by molar-refractivity contribution is -0.140. The van der Waals surface area contributed by atoms with Crippen LogP contribution in [0.2, 0.25) is 0 Å². The minimum atomic E-state index is -0.522. The van der Waals surface area contributed by atoms with Gasteiger partial charge in [0.15, 0.2) is 0 Å². The first kappa shape index (κ1) is 16.7. The summed E-state index contributed by atoms with van der Waals surface area (Å²) < 4.78 is 15.1. The minimum Gasteiger partial charge on any atom is -0.463 e. The number of unbranched alkanes of at least 4 members (excludes halogenated alkanes) is 1. The van der Waals surface area contributed by atoms with E-state index in [1.54, 1.807) is 0 Å². The Kier molecular flexibility index (Phi) is 8.66. The van der Waals surface area contributed by atoms with E-state index in [0.29, 0.717) is 19.8 Å². The number of esters is 2. The quantitative estimate of drug-likeness (QED) is 0.373. The molecule has 0 N–H and O–H groups in total. The van der Waals surface area contributed by atoms with Crippen LogP contribution in [-0.2, 0) is 23.8 Å². The Bertz CT molecular complexity index is 324. The van der Waals surface area contributed by atoms with Gasteiger partial charge in [-0.15, -0.1) is 0 Å². The van der Waals surface area contributed by atoms with Crippen LogP contribution >= 0.6 is 0 Å². The van der Waals surface area contributed by atoms with Crippen LogP contribution in [0.3, 0.4) is 0 Å². The Balaban J connectivity index is 2.08. The third-order valence-electron chi connectivity index (χ3n) is 2.85. The fourth-order valence-electron chi connectivity index (χ4n) is 1.65. The van der Waals surface area contributed by atoms with E-state index >= 15 is 0 Å². The first-order valence-electron chi connectivity index (χ1n) is 7.04. The molecule has 114 valence electrons. The smallest absolute Gasteiger partial charge is 0.331 e. The average molecular weight is 285 g/mol. The third-order valence-corrected chi connectivity index (χ3v) is 2.85. The predicted octanol–water partition coefficient (Wildman–Crippen LogP) is 0.761. The van der Waals surface area contributed by atoms with Crippen LogP contribution in [0.5, 0.6) is 0 Å². The molecule has 1 fully saturated rings. The molecule has 20 heavy (non-hydrogen) atoms. The molecule has 6 nitrogen and oxygen atoms in total. The largest absolute Gasteiger partial charge is 0.463 e. The Hall–Kier alpha value is -1.40. The van der Waals surface area contributed by atoms with E-state index < -0.39 is 11.9 Å². The molecule has 1 aliphatic heterocycles. The van der Waals surface area contributed by atoms with Crippen molar-refractivity contribution in [3.05, 3.63) is 12.2 Å². The number of nitrogens with zero attached hydrogens (tertiary/aromatic N) is 1. The molecule has 0 aliphatic carbocycles. The van der Waals surface area contributed by atoms with Crippen LogP contribution < -0.4 is 0 Å². The van der Waals surface area contributed by atoms with E-state index in [1.807, 2.05) is 6.92 Å². The van der Waals surface area contributed by atoms with Gasteiger partial charge in [-0.25, -0.2) is 9.59 Å². The van der Waals surface area contributed by atoms with Crippen molar-refractivity contribution in [2.75, 3.05) is 46.1 Å². The highest BCUT2D eigenvalue weighted by Crippen LogP contribution is 1.96. The molecule has 0 saturated carbocycles. The van der Waals surface area contributed by atoms with Crippen LogP contribution in [0.25, 0.3) is 0 Å². The van der Waals surface area contributed by atoms with Gasteiger partial charge < -0.3 is 14.2 Å². The molecule has 1 saturated heterocycles. The molecule has 0 radical (unpaired) electrons. The number of morpholine rings is 1. The number of ether oxygens (including phenoxy) is 3. The van der Waals surface area contributed by atoms with Crippen molar-refractivity contribution in [2.45, 2.75) is 19.8 Å². The highest BCUT2D eigenvalue weighted by Gasteiger charge is 2.10. The van der Waals surface area contributed by atoms with Gasteiger partial charge in [-0.1, -0.05) is 13.3 Å². The van der Waals surface area contributed by atoms with Gasteiger partial charge in [-0.05, 0) is 6.42 Å². The summed E-state index contributed by atoms with van der Waals surface area (Å²) in [5.74, 6) is -1.03. The maximum Gasteiger partial charge on any atom is 0.331 e. The van der Waals surface area contributed by atoms with E-state index in [1.165, 1.54) is 0 Å². The van der Waals surface area contributed by atoms with Gasteiger partial charge in [0.25, 0.3) is 0 Å². The summed E-state index contributed by atoms with van der Waals surface area (Å²) in [6, 6.07) is 0. The van der Waals surface area contributed by atoms with Gasteiger partial charge in [0, 0.05) is 31.8 Å². The Morgan fingerprint density at radius 3 is 2.30 bits per heavy atom. The zero-order chi connectivity index (χ0) is 14.6. The van der Waals surface area contributed by atoms with Crippen molar-refractivity contribution in [1.29, 1.82) is 0 Å². The fourth-order valence-corrected chi connectivity index (χ4v) is 1.65. The summed E-state index contributed by atoms with van der Waals surface area (Å²) in [5.41, 5.74) is 0. The third kappa shape index (κ3) is 7.91. The maximum absolute atomic E-state index is 11.4. The highest BCUT2D eigenvalue weighted by atomic mass is 16.5. The molecule has 1 aliphatic rings. The summed E-state index contributed by atoms with van der Waals surface area (Å²) in [6.07, 6.45) is 3.99. The van der Waals surface area contributed by atoms with E-state index in [-0.39, 0.29) is 0 Å². The molecular weight excluding hydrogens is 262 g/mol. The molecule has 0 aromatic rings. The highest BCUT2D eigenvalue weighted by molar-refractivity contribution is 5.91. The van der Waals surface area contributed by atoms with Crippen molar-refractivity contribution in [3.63, 3.8) is 0 Å². The number of carbonyl (C=O) groups is 2. The summed E-state index contributed by atoms with van der Waals surface area (Å²) in [5, 5.41) is 0. The SMILES string of the molecule is CCCCOC(=O)/C=C/C(=O)OCCN1CCOCC1. The zero-order valence-corrected chi connectivity index (χ0v) is 12.0. The summed E-state index contributed by atoms with van der Waals surface area (Å²) in [7, 11) is 0. The molecule has 0 aromatic carbocycles. The number of rotatable bonds is 8. The van der Waals surface area contributed by atoms with E-state index in [2.05, 4.69) is 4.90 Å². The van der Waals surface area contributed by atoms with Crippen molar-refractivity contribution < 1.29 is 23.8 Å². The molecule has 0 atom stereocenters. The topological polar surface area (TPSA) is 65.1 Å². The second-order valence-electron chi connectivity index (χ2n) is 4.48. The van der Waals surface area contributed by atoms with Gasteiger partial charge in [-0.2, -0.15) is 0 Å². The average Bonchev–Trinajstić information content (AvgIpc) is 2.46. The molecule has 1 rings (SSSR count). The Morgan fingerprint density at radius 1 is 1.10 bits per heavy atom. The van der Waals surface area contributed by atoms with E-state index in [4.69, 9.17) is 14.2 Å². The lowest BCUT2D eigenvalue weighted by Crippen LogP contribution is -2.38. The molecule has 1 heterocycles. The first-order chi connectivity index (χ1) is 9.72. The van der Waals surface area contributed by atoms with Gasteiger partial charge in [-0.3, -0.25) is 4.90 Å². The van der Waals surface area contributed by atoms with Gasteiger partial charge in [0.1, 0.15) is 6.61 Å². The number of hydrogen-bond donors (Lipinski definition) is 0. The zero-order valence-electron chi connectivity index (χ0n) is 12.0. The van der Waals surface area contributed by atoms with Gasteiger partial charge in [0.2, 0.25) is 0 Å². The van der Waals surface area contributed by atoms with Gasteiger partial charge in [0.05, 0.1) is 19.8 Å². The Labute approximate surface area is 119 Å². The van der Waals surface area contributed by atoms with Crippen molar-refractivity contribution in [1.82, 2.24) is 4.90 Å². The van der Waals surface area contributed by atoms with Crippen molar-refractivity contribution in [2.24, 2.45) is 0 Å². The molecular formula is C14H23NO5. The monoisotopic (exact) mass is 285 g/mol. The molecule has 0 bridgehead atoms. The lowest BCUT2D eigenvalue weighted by Gasteiger charge is -2.25. The molecule has 0 aromatic heterocycles. The molecule has 0 amide bonds. The fraction of sp³-hybridized carbons (Fsp3) is 0.714. The lowest BCUT2D eigenvalue weighted by atomic mass is 10.4. The minimum absolute atomic E-state index is 0.314. The van der Waals surface area contributed by atoms with E-state index in [0.717, 1.165) is 51.3 Å². The second kappa shape index (κ2) is 10.4. The summed E-state index contributed by atoms with van der Waals surface area (Å²) >= 11 is 0. The van der Waals surface area contributed by atoms with E-state index in [9.17, 15) is 9.59 Å². The maximum atomic E-state index is 11.4. The number of hydrogen-bond acceptors (Lipinski definition) is 6. The predicted molar refractivity (Wildman–Crippen MR) is 73.2 cm³/mol. The molecule has 0 unspecified atom stereocenters. The second-order valence-corrected chi connectivity index (χ2v) is 4.48. The summed E-state index contributed by atoms with van der Waals surface area (Å²) in [4.78, 5) is 24.7. The normalized spacial score (nSPS) is 16.2. The number of carbonyl (C=O) groups excluding carboxylic acids is 2. The van der Waals surface area contributed by atoms with Crippen LogP contribution in [0.4, 0.5) is 0 Å². The summed E-state index contributed by atoms with van der Waals surface area (Å²) in [6.45, 7) is 6.54. The van der Waals surface area contributed by atoms with Crippen LogP contribution in [-0.4, -0.2) is 62.9 Å².